The summed E-state index contributed by atoms with van der Waals surface area (Å²) in [5, 5.41) is 0.541. The minimum atomic E-state index is -4.56. The summed E-state index contributed by atoms with van der Waals surface area (Å²) in [6, 6.07) is 0. The average molecular weight is 229 g/mol. The van der Waals surface area contributed by atoms with Crippen molar-refractivity contribution in [1.29, 1.82) is 0 Å². The monoisotopic (exact) mass is 228 g/mol. The van der Waals surface area contributed by atoms with Gasteiger partial charge in [-0.25, -0.2) is 0 Å². The van der Waals surface area contributed by atoms with Gasteiger partial charge in [-0.15, -0.1) is 3.89 Å². The number of allylic oxidation sites excluding steroid dienone is 1. The van der Waals surface area contributed by atoms with Gasteiger partial charge in [0.1, 0.15) is 0 Å². The Morgan fingerprint density at radius 2 is 2.00 bits per heavy atom. The van der Waals surface area contributed by atoms with Crippen molar-refractivity contribution in [3.8, 4) is 0 Å². The van der Waals surface area contributed by atoms with Gasteiger partial charge in [0, 0.05) is 5.03 Å². The van der Waals surface area contributed by atoms with Crippen LogP contribution in [0.2, 0.25) is 0 Å². The van der Waals surface area contributed by atoms with Gasteiger partial charge in [-0.05, 0) is 12.8 Å². The van der Waals surface area contributed by atoms with Crippen LogP contribution in [0.1, 0.15) is 39.0 Å². The average Bonchev–Trinajstić information content (AvgIpc) is 1.94. The Bertz CT molecular complexity index is 259. The molecule has 0 bridgehead atoms. The molecule has 0 aromatic carbocycles. The van der Waals surface area contributed by atoms with Crippen molar-refractivity contribution >= 4 is 21.8 Å². The van der Waals surface area contributed by atoms with Crippen molar-refractivity contribution in [2.45, 2.75) is 39.0 Å². The SMILES string of the molecule is CCCCCC/C(Cl)=C\S(=O)(=O)F. The molecule has 2 nitrogen and oxygen atoms in total. The standard InChI is InChI=1S/C8H14ClFO2S/c1-2-3-4-5-6-8(9)7-13(10,11)12/h7H,2-6H2,1H3/b8-7+. The second-order valence-electron chi connectivity index (χ2n) is 2.85. The van der Waals surface area contributed by atoms with Crippen molar-refractivity contribution < 1.29 is 12.3 Å². The Hall–Kier alpha value is -0.0900. The lowest BCUT2D eigenvalue weighted by atomic mass is 10.1. The first-order valence-electron chi connectivity index (χ1n) is 4.26. The minimum Gasteiger partial charge on any atom is -0.190 e. The smallest absolute Gasteiger partial charge is 0.190 e. The van der Waals surface area contributed by atoms with E-state index in [1.807, 2.05) is 0 Å². The maximum Gasteiger partial charge on any atom is 0.326 e. The molecule has 5 heteroatoms. The third-order valence-corrected chi connectivity index (χ3v) is 2.53. The van der Waals surface area contributed by atoms with Crippen molar-refractivity contribution in [3.63, 3.8) is 0 Å². The highest BCUT2D eigenvalue weighted by atomic mass is 35.5. The zero-order valence-corrected chi connectivity index (χ0v) is 9.17. The van der Waals surface area contributed by atoms with Crippen LogP contribution < -0.4 is 0 Å². The summed E-state index contributed by atoms with van der Waals surface area (Å²) in [5.41, 5.74) is 0. The van der Waals surface area contributed by atoms with E-state index < -0.39 is 10.2 Å². The van der Waals surface area contributed by atoms with Gasteiger partial charge in [-0.3, -0.25) is 0 Å². The molecule has 0 unspecified atom stereocenters. The van der Waals surface area contributed by atoms with Gasteiger partial charge in [-0.1, -0.05) is 37.8 Å². The number of hydrogen-bond donors (Lipinski definition) is 0. The Kier molecular flexibility index (Phi) is 6.33. The van der Waals surface area contributed by atoms with Crippen LogP contribution in [0.15, 0.2) is 10.4 Å². The lowest BCUT2D eigenvalue weighted by Crippen LogP contribution is -1.85. The zero-order chi connectivity index (χ0) is 10.3. The maximum absolute atomic E-state index is 12.0. The van der Waals surface area contributed by atoms with E-state index in [-0.39, 0.29) is 5.03 Å². The fourth-order valence-electron chi connectivity index (χ4n) is 0.932. The van der Waals surface area contributed by atoms with E-state index in [0.717, 1.165) is 25.7 Å². The van der Waals surface area contributed by atoms with Gasteiger partial charge in [0.05, 0.1) is 5.41 Å². The summed E-state index contributed by atoms with van der Waals surface area (Å²) in [5.74, 6) is 0. The molecule has 0 heterocycles. The Morgan fingerprint density at radius 3 is 2.46 bits per heavy atom. The largest absolute Gasteiger partial charge is 0.326 e. The molecule has 0 aliphatic carbocycles. The van der Waals surface area contributed by atoms with Gasteiger partial charge in [0.2, 0.25) is 0 Å². The minimum absolute atomic E-state index is 0.0682. The van der Waals surface area contributed by atoms with Crippen LogP contribution in [0.3, 0.4) is 0 Å². The molecular formula is C8H14ClFO2S. The topological polar surface area (TPSA) is 34.1 Å². The summed E-state index contributed by atoms with van der Waals surface area (Å²) in [4.78, 5) is 0. The first-order valence-corrected chi connectivity index (χ1v) is 6.09. The predicted molar refractivity (Wildman–Crippen MR) is 52.7 cm³/mol. The second-order valence-corrected chi connectivity index (χ2v) is 4.52. The van der Waals surface area contributed by atoms with Crippen molar-refractivity contribution in [3.05, 3.63) is 10.4 Å². The molecule has 0 atom stereocenters. The summed E-state index contributed by atoms with van der Waals surface area (Å²) < 4.78 is 32.2. The van der Waals surface area contributed by atoms with E-state index in [9.17, 15) is 12.3 Å². The molecule has 0 aromatic heterocycles. The maximum atomic E-state index is 12.0. The summed E-state index contributed by atoms with van der Waals surface area (Å²) in [7, 11) is -4.56. The van der Waals surface area contributed by atoms with Gasteiger partial charge < -0.3 is 0 Å². The van der Waals surface area contributed by atoms with Crippen molar-refractivity contribution in [2.24, 2.45) is 0 Å². The van der Waals surface area contributed by atoms with E-state index in [0.29, 0.717) is 11.8 Å². The molecule has 0 saturated carbocycles. The molecule has 0 saturated heterocycles. The second kappa shape index (κ2) is 6.38. The van der Waals surface area contributed by atoms with Crippen molar-refractivity contribution in [2.75, 3.05) is 0 Å². The highest BCUT2D eigenvalue weighted by Gasteiger charge is 2.03. The quantitative estimate of drug-likeness (QED) is 0.516. The van der Waals surface area contributed by atoms with Crippen LogP contribution in [0, 0.1) is 0 Å². The molecule has 0 aliphatic heterocycles. The van der Waals surface area contributed by atoms with Gasteiger partial charge in [-0.2, -0.15) is 8.42 Å². The van der Waals surface area contributed by atoms with E-state index in [4.69, 9.17) is 11.6 Å². The van der Waals surface area contributed by atoms with Crippen LogP contribution in [0.5, 0.6) is 0 Å². The van der Waals surface area contributed by atoms with Crippen LogP contribution >= 0.6 is 11.6 Å². The molecule has 13 heavy (non-hydrogen) atoms. The number of unbranched alkanes of at least 4 members (excludes halogenated alkanes) is 3. The Morgan fingerprint density at radius 1 is 1.38 bits per heavy atom. The Labute approximate surface area is 84.0 Å². The summed E-state index contributed by atoms with van der Waals surface area (Å²) in [6.07, 6.45) is 4.42. The molecule has 0 rings (SSSR count). The highest BCUT2D eigenvalue weighted by molar-refractivity contribution is 7.89. The first-order chi connectivity index (χ1) is 5.95. The fraction of sp³-hybridized carbons (Fsp3) is 0.750. The van der Waals surface area contributed by atoms with E-state index in [1.165, 1.54) is 0 Å². The molecule has 0 aliphatic rings. The third kappa shape index (κ3) is 9.83. The van der Waals surface area contributed by atoms with Crippen LogP contribution in [-0.4, -0.2) is 8.42 Å². The van der Waals surface area contributed by atoms with Crippen LogP contribution in [0.25, 0.3) is 0 Å². The molecule has 0 spiro atoms. The lowest BCUT2D eigenvalue weighted by Gasteiger charge is -1.97. The van der Waals surface area contributed by atoms with Crippen LogP contribution in [-0.2, 0) is 10.2 Å². The molecule has 0 radical (unpaired) electrons. The van der Waals surface area contributed by atoms with E-state index in [1.54, 1.807) is 0 Å². The number of halogens is 2. The molecule has 0 N–H and O–H groups in total. The van der Waals surface area contributed by atoms with Gasteiger partial charge in [0.15, 0.2) is 0 Å². The lowest BCUT2D eigenvalue weighted by molar-refractivity contribution is 0.562. The number of rotatable bonds is 6. The normalized spacial score (nSPS) is 13.3. The molecule has 78 valence electrons. The first kappa shape index (κ1) is 12.9. The Balaban J connectivity index is 3.75. The van der Waals surface area contributed by atoms with E-state index in [2.05, 4.69) is 6.92 Å². The van der Waals surface area contributed by atoms with Gasteiger partial charge in [0.25, 0.3) is 0 Å². The molecule has 0 fully saturated rings. The zero-order valence-electron chi connectivity index (χ0n) is 7.59. The number of hydrogen-bond acceptors (Lipinski definition) is 2. The van der Waals surface area contributed by atoms with Gasteiger partial charge >= 0.3 is 10.2 Å². The van der Waals surface area contributed by atoms with Crippen LogP contribution in [0.4, 0.5) is 3.89 Å². The molecule has 0 aromatic rings. The molecule has 0 amide bonds. The van der Waals surface area contributed by atoms with E-state index >= 15 is 0 Å². The highest BCUT2D eigenvalue weighted by Crippen LogP contribution is 2.15. The fourth-order valence-corrected chi connectivity index (χ4v) is 1.81. The summed E-state index contributed by atoms with van der Waals surface area (Å²) in [6.45, 7) is 2.07. The summed E-state index contributed by atoms with van der Waals surface area (Å²) >= 11 is 5.49. The van der Waals surface area contributed by atoms with Crippen molar-refractivity contribution in [1.82, 2.24) is 0 Å². The predicted octanol–water partition coefficient (Wildman–Crippen LogP) is 3.34. The third-order valence-electron chi connectivity index (χ3n) is 1.54. The molecular weight excluding hydrogens is 215 g/mol.